The number of likely N-dealkylation sites (N-methyl/N-ethyl adjacent to an activating group) is 1. The Morgan fingerprint density at radius 1 is 1.13 bits per heavy atom. The Bertz CT molecular complexity index is 1270. The largest absolute Gasteiger partial charge is 0.507 e. The normalized spacial score (nSPS) is 33.1. The monoisotopic (exact) mass is 556 g/mol. The summed E-state index contributed by atoms with van der Waals surface area (Å²) in [5, 5.41) is 23.5. The highest BCUT2D eigenvalue weighted by molar-refractivity contribution is 7.99. The molecule has 3 saturated carbocycles. The molecule has 4 aliphatic carbocycles. The molecule has 0 aliphatic heterocycles. The number of thioether (sulfide) groups is 1. The summed E-state index contributed by atoms with van der Waals surface area (Å²) in [5.41, 5.74) is 4.89. The first-order chi connectivity index (χ1) is 18.4. The van der Waals surface area contributed by atoms with Crippen molar-refractivity contribution in [2.24, 2.45) is 29.4 Å². The zero-order valence-electron chi connectivity index (χ0n) is 22.6. The first-order valence-corrected chi connectivity index (χ1v) is 14.7. The standard InChI is InChI=1S/C29H36N2O7S/c1-13-9-15(12-39-16-7-5-4-6-8-16)23(32)20-17(13)10-14-11-18-22(31(2)3)25(34)21(28(30)37)27(36)29(18,38)26(35)19(14)24(20)33/h9,14,16,18-19,21-22,32,38H,4-8,10-12H2,1-3H3,(H2,30,37)/t14?,18?,19?,21?,22-,29?/m0/s1. The van der Waals surface area contributed by atoms with E-state index in [1.165, 1.54) is 24.2 Å². The van der Waals surface area contributed by atoms with Gasteiger partial charge in [-0.3, -0.25) is 28.9 Å². The third kappa shape index (κ3) is 4.26. The summed E-state index contributed by atoms with van der Waals surface area (Å²) in [6.07, 6.45) is 6.23. The number of hydrogen-bond acceptors (Lipinski definition) is 9. The van der Waals surface area contributed by atoms with Crippen LogP contribution < -0.4 is 5.73 Å². The Morgan fingerprint density at radius 2 is 1.79 bits per heavy atom. The van der Waals surface area contributed by atoms with Crippen LogP contribution in [0.2, 0.25) is 0 Å². The summed E-state index contributed by atoms with van der Waals surface area (Å²) < 4.78 is 0. The fourth-order valence-electron chi connectivity index (χ4n) is 7.48. The number of aromatic hydroxyl groups is 1. The van der Waals surface area contributed by atoms with Crippen molar-refractivity contribution < 1.29 is 34.2 Å². The van der Waals surface area contributed by atoms with Crippen LogP contribution in [-0.4, -0.2) is 75.1 Å². The van der Waals surface area contributed by atoms with Gasteiger partial charge in [0.1, 0.15) is 5.75 Å². The molecule has 1 aromatic carbocycles. The Kier molecular flexibility index (Phi) is 7.26. The van der Waals surface area contributed by atoms with Crippen molar-refractivity contribution >= 4 is 40.8 Å². The average molecular weight is 557 g/mol. The Hall–Kier alpha value is -2.56. The second kappa shape index (κ2) is 10.1. The molecule has 4 aliphatic rings. The second-order valence-electron chi connectivity index (χ2n) is 11.9. The summed E-state index contributed by atoms with van der Waals surface area (Å²) in [6, 6.07) is 0.812. The third-order valence-electron chi connectivity index (χ3n) is 9.39. The van der Waals surface area contributed by atoms with Gasteiger partial charge in [-0.1, -0.05) is 25.3 Å². The van der Waals surface area contributed by atoms with Gasteiger partial charge in [-0.2, -0.15) is 11.8 Å². The molecule has 0 spiro atoms. The van der Waals surface area contributed by atoms with Crippen LogP contribution in [0.15, 0.2) is 6.07 Å². The second-order valence-corrected chi connectivity index (χ2v) is 13.2. The van der Waals surface area contributed by atoms with Crippen LogP contribution in [-0.2, 0) is 31.4 Å². The number of phenolic OH excluding ortho intramolecular Hbond substituents is 1. The van der Waals surface area contributed by atoms with Gasteiger partial charge in [-0.25, -0.2) is 0 Å². The number of ketones is 4. The molecule has 9 nitrogen and oxygen atoms in total. The van der Waals surface area contributed by atoms with Crippen LogP contribution in [0.25, 0.3) is 0 Å². The zero-order chi connectivity index (χ0) is 28.4. The summed E-state index contributed by atoms with van der Waals surface area (Å²) in [6.45, 7) is 1.88. The minimum Gasteiger partial charge on any atom is -0.507 e. The van der Waals surface area contributed by atoms with Crippen LogP contribution in [0.5, 0.6) is 5.75 Å². The van der Waals surface area contributed by atoms with E-state index in [1.807, 2.05) is 13.0 Å². The molecular formula is C29H36N2O7S. The molecule has 5 unspecified atom stereocenters. The third-order valence-corrected chi connectivity index (χ3v) is 10.8. The molecule has 4 N–H and O–H groups in total. The number of rotatable bonds is 5. The van der Waals surface area contributed by atoms with Crippen molar-refractivity contribution in [3.05, 3.63) is 28.3 Å². The van der Waals surface area contributed by atoms with Crippen LogP contribution in [0.1, 0.15) is 65.6 Å². The first kappa shape index (κ1) is 28.0. The van der Waals surface area contributed by atoms with Gasteiger partial charge in [-0.15, -0.1) is 0 Å². The number of carbonyl (C=O) groups is 5. The van der Waals surface area contributed by atoms with E-state index < -0.39 is 64.4 Å². The van der Waals surface area contributed by atoms with Gasteiger partial charge in [0.25, 0.3) is 0 Å². The van der Waals surface area contributed by atoms with E-state index in [1.54, 1.807) is 25.9 Å². The van der Waals surface area contributed by atoms with E-state index >= 15 is 0 Å². The van der Waals surface area contributed by atoms with E-state index in [4.69, 9.17) is 5.73 Å². The number of amides is 1. The van der Waals surface area contributed by atoms with Gasteiger partial charge in [0.2, 0.25) is 5.91 Å². The first-order valence-electron chi connectivity index (χ1n) is 13.7. The Balaban J connectivity index is 1.53. The van der Waals surface area contributed by atoms with Gasteiger partial charge < -0.3 is 15.9 Å². The molecule has 5 rings (SSSR count). The topological polar surface area (TPSA) is 155 Å². The van der Waals surface area contributed by atoms with Crippen molar-refractivity contribution in [3.63, 3.8) is 0 Å². The summed E-state index contributed by atoms with van der Waals surface area (Å²) in [4.78, 5) is 68.0. The summed E-state index contributed by atoms with van der Waals surface area (Å²) in [5.74, 6) is -9.46. The zero-order valence-corrected chi connectivity index (χ0v) is 23.4. The predicted octanol–water partition coefficient (Wildman–Crippen LogP) is 1.74. The number of primary amides is 1. The smallest absolute Gasteiger partial charge is 0.235 e. The van der Waals surface area contributed by atoms with Crippen molar-refractivity contribution in [3.8, 4) is 5.75 Å². The van der Waals surface area contributed by atoms with Crippen LogP contribution >= 0.6 is 11.8 Å². The van der Waals surface area contributed by atoms with Crippen LogP contribution in [0.4, 0.5) is 0 Å². The average Bonchev–Trinajstić information content (AvgIpc) is 2.87. The number of aryl methyl sites for hydroxylation is 1. The van der Waals surface area contributed by atoms with Crippen molar-refractivity contribution in [2.45, 2.75) is 74.5 Å². The van der Waals surface area contributed by atoms with E-state index in [2.05, 4.69) is 0 Å². The van der Waals surface area contributed by atoms with Crippen molar-refractivity contribution in [1.82, 2.24) is 4.90 Å². The lowest BCUT2D eigenvalue weighted by Gasteiger charge is -2.52. The maximum absolute atomic E-state index is 13.9. The lowest BCUT2D eigenvalue weighted by molar-refractivity contribution is -0.181. The molecule has 1 amide bonds. The number of carbonyl (C=O) groups excluding carboxylic acids is 5. The molecule has 1 aromatic rings. The summed E-state index contributed by atoms with van der Waals surface area (Å²) >= 11 is 1.77. The fraction of sp³-hybridized carbons (Fsp3) is 0.621. The van der Waals surface area contributed by atoms with Crippen LogP contribution in [0, 0.1) is 30.6 Å². The number of phenols is 1. The molecule has 0 bridgehead atoms. The van der Waals surface area contributed by atoms with Gasteiger partial charge in [0.05, 0.1) is 17.5 Å². The highest BCUT2D eigenvalue weighted by Gasteiger charge is 2.69. The van der Waals surface area contributed by atoms with Crippen LogP contribution in [0.3, 0.4) is 0 Å². The van der Waals surface area contributed by atoms with Gasteiger partial charge in [0, 0.05) is 22.5 Å². The molecule has 0 heterocycles. The molecule has 0 saturated heterocycles. The Morgan fingerprint density at radius 3 is 2.41 bits per heavy atom. The molecule has 3 fully saturated rings. The molecule has 0 aromatic heterocycles. The van der Waals surface area contributed by atoms with E-state index in [0.717, 1.165) is 18.4 Å². The minimum absolute atomic E-state index is 0.0589. The van der Waals surface area contributed by atoms with E-state index in [9.17, 15) is 34.2 Å². The SMILES string of the molecule is Cc1cc(CSC2CCCCC2)c(O)c2c1CC1CC3[C@H](N(C)C)C(=O)C(C(N)=O)C(=O)C3(O)C(=O)C1C2=O. The number of nitrogens with zero attached hydrogens (tertiary/aromatic N) is 1. The highest BCUT2D eigenvalue weighted by atomic mass is 32.2. The van der Waals surface area contributed by atoms with Gasteiger partial charge >= 0.3 is 0 Å². The number of hydrogen-bond donors (Lipinski definition) is 3. The number of fused-ring (bicyclic) bond motifs is 3. The maximum atomic E-state index is 13.9. The van der Waals surface area contributed by atoms with Gasteiger partial charge in [-0.05, 0) is 63.7 Å². The molecule has 6 atom stereocenters. The number of aliphatic hydroxyl groups is 1. The maximum Gasteiger partial charge on any atom is 0.235 e. The van der Waals surface area contributed by atoms with E-state index in [0.29, 0.717) is 28.6 Å². The molecule has 39 heavy (non-hydrogen) atoms. The predicted molar refractivity (Wildman–Crippen MR) is 144 cm³/mol. The lowest BCUT2D eigenvalue weighted by Crippen LogP contribution is -2.74. The van der Waals surface area contributed by atoms with E-state index in [-0.39, 0.29) is 17.7 Å². The van der Waals surface area contributed by atoms with Crippen molar-refractivity contribution in [2.75, 3.05) is 14.1 Å². The molecular weight excluding hydrogens is 520 g/mol. The fourth-order valence-corrected chi connectivity index (χ4v) is 8.78. The lowest BCUT2D eigenvalue weighted by atomic mass is 9.52. The highest BCUT2D eigenvalue weighted by Crippen LogP contribution is 2.51. The molecule has 210 valence electrons. The number of nitrogens with two attached hydrogens (primary N) is 1. The summed E-state index contributed by atoms with van der Waals surface area (Å²) in [7, 11) is 3.15. The number of benzene rings is 1. The van der Waals surface area contributed by atoms with Crippen molar-refractivity contribution in [1.29, 1.82) is 0 Å². The quantitative estimate of drug-likeness (QED) is 0.460. The number of Topliss-reactive ketones (excluding diaryl/α,β-unsaturated/α-hetero) is 4. The molecule has 0 radical (unpaired) electrons. The Labute approximate surface area is 231 Å². The minimum atomic E-state index is -2.70. The molecule has 10 heteroatoms. The van der Waals surface area contributed by atoms with Gasteiger partial charge in [0.15, 0.2) is 34.7 Å².